The number of morpholine rings is 1. The molecule has 3 rings (SSSR count). The molecule has 0 spiro atoms. The first-order valence-corrected chi connectivity index (χ1v) is 7.59. The molecule has 1 saturated heterocycles. The van der Waals surface area contributed by atoms with Gasteiger partial charge in [-0.15, -0.1) is 11.3 Å². The van der Waals surface area contributed by atoms with Crippen LogP contribution in [0.15, 0.2) is 15.9 Å². The van der Waals surface area contributed by atoms with Gasteiger partial charge < -0.3 is 9.64 Å². The number of rotatable bonds is 1. The number of thiophene rings is 1. The average molecular weight is 316 g/mol. The van der Waals surface area contributed by atoms with Gasteiger partial charge in [0.05, 0.1) is 23.6 Å². The summed E-state index contributed by atoms with van der Waals surface area (Å²) in [6.07, 6.45) is 3.63. The zero-order valence-electron chi connectivity index (χ0n) is 9.39. The molecular formula is C12H14BrNO2S. The van der Waals surface area contributed by atoms with Crippen molar-refractivity contribution in [3.63, 3.8) is 0 Å². The number of carbonyl (C=O) groups excluding carboxylic acids is 1. The molecule has 0 bridgehead atoms. The minimum absolute atomic E-state index is 0.168. The third-order valence-corrected chi connectivity index (χ3v) is 5.20. The van der Waals surface area contributed by atoms with E-state index in [2.05, 4.69) is 15.9 Å². The molecule has 2 fully saturated rings. The van der Waals surface area contributed by atoms with Crippen molar-refractivity contribution in [3.8, 4) is 0 Å². The van der Waals surface area contributed by atoms with Gasteiger partial charge in [0.25, 0.3) is 5.91 Å². The Kier molecular flexibility index (Phi) is 3.23. The maximum absolute atomic E-state index is 12.4. The van der Waals surface area contributed by atoms with Gasteiger partial charge in [0.15, 0.2) is 0 Å². The molecule has 2 atom stereocenters. The van der Waals surface area contributed by atoms with Gasteiger partial charge in [0.1, 0.15) is 0 Å². The lowest BCUT2D eigenvalue weighted by Gasteiger charge is -2.37. The van der Waals surface area contributed by atoms with E-state index in [9.17, 15) is 4.79 Å². The van der Waals surface area contributed by atoms with Crippen molar-refractivity contribution in [2.24, 2.45) is 0 Å². The first-order valence-electron chi connectivity index (χ1n) is 5.92. The van der Waals surface area contributed by atoms with Gasteiger partial charge in [0.2, 0.25) is 0 Å². The van der Waals surface area contributed by atoms with Gasteiger partial charge in [-0.2, -0.15) is 0 Å². The van der Waals surface area contributed by atoms with E-state index < -0.39 is 0 Å². The second kappa shape index (κ2) is 4.71. The molecule has 1 aromatic rings. The number of fused-ring (bicyclic) bond motifs is 1. The van der Waals surface area contributed by atoms with Gasteiger partial charge in [0, 0.05) is 16.4 Å². The van der Waals surface area contributed by atoms with E-state index in [1.165, 1.54) is 17.8 Å². The Hall–Kier alpha value is -0.390. The Morgan fingerprint density at radius 2 is 2.41 bits per heavy atom. The molecule has 3 nitrogen and oxygen atoms in total. The smallest absolute Gasteiger partial charge is 0.264 e. The number of ether oxygens (including phenoxy) is 1. The van der Waals surface area contributed by atoms with E-state index >= 15 is 0 Å². The lowest BCUT2D eigenvalue weighted by Crippen LogP contribution is -2.51. The predicted octanol–water partition coefficient (Wildman–Crippen LogP) is 2.90. The van der Waals surface area contributed by atoms with Crippen LogP contribution < -0.4 is 0 Å². The summed E-state index contributed by atoms with van der Waals surface area (Å²) < 4.78 is 6.71. The van der Waals surface area contributed by atoms with E-state index in [1.54, 1.807) is 0 Å². The van der Waals surface area contributed by atoms with Crippen molar-refractivity contribution >= 4 is 33.2 Å². The van der Waals surface area contributed by atoms with Crippen molar-refractivity contribution in [2.45, 2.75) is 31.4 Å². The molecule has 92 valence electrons. The Bertz CT molecular complexity index is 434. The molecule has 0 radical (unpaired) electrons. The molecule has 17 heavy (non-hydrogen) atoms. The molecular weight excluding hydrogens is 302 g/mol. The summed E-state index contributed by atoms with van der Waals surface area (Å²) in [5.41, 5.74) is 0. The molecule has 0 aromatic carbocycles. The second-order valence-corrected chi connectivity index (χ2v) is 6.36. The normalized spacial score (nSPS) is 28.2. The van der Waals surface area contributed by atoms with Crippen LogP contribution in [-0.2, 0) is 4.74 Å². The lowest BCUT2D eigenvalue weighted by atomic mass is 10.1. The second-order valence-electron chi connectivity index (χ2n) is 4.54. The number of nitrogens with zero attached hydrogens (tertiary/aromatic N) is 1. The molecule has 1 aliphatic carbocycles. The van der Waals surface area contributed by atoms with E-state index in [0.29, 0.717) is 12.6 Å². The average Bonchev–Trinajstić information content (AvgIpc) is 2.95. The van der Waals surface area contributed by atoms with E-state index in [-0.39, 0.29) is 12.0 Å². The fraction of sp³-hybridized carbons (Fsp3) is 0.583. The van der Waals surface area contributed by atoms with Crippen LogP contribution in [0.1, 0.15) is 28.9 Å². The van der Waals surface area contributed by atoms with Crippen LogP contribution in [0.4, 0.5) is 0 Å². The molecule has 1 aromatic heterocycles. The molecule has 5 heteroatoms. The zero-order valence-corrected chi connectivity index (χ0v) is 11.8. The van der Waals surface area contributed by atoms with Crippen LogP contribution in [0, 0.1) is 0 Å². The van der Waals surface area contributed by atoms with Gasteiger partial charge in [-0.1, -0.05) is 0 Å². The van der Waals surface area contributed by atoms with Crippen LogP contribution in [-0.4, -0.2) is 36.1 Å². The summed E-state index contributed by atoms with van der Waals surface area (Å²) in [4.78, 5) is 15.3. The van der Waals surface area contributed by atoms with Gasteiger partial charge in [-0.3, -0.25) is 4.79 Å². The molecule has 1 amide bonds. The highest BCUT2D eigenvalue weighted by Crippen LogP contribution is 2.31. The highest BCUT2D eigenvalue weighted by atomic mass is 79.9. The standard InChI is InChI=1S/C12H14BrNO2S/c13-8-6-11(17-7-8)12(15)14-4-5-16-10-3-1-2-9(10)14/h6-7,9-10H,1-5H2. The van der Waals surface area contributed by atoms with Crippen molar-refractivity contribution in [1.82, 2.24) is 4.90 Å². The predicted molar refractivity (Wildman–Crippen MR) is 70.4 cm³/mol. The summed E-state index contributed by atoms with van der Waals surface area (Å²) in [7, 11) is 0. The highest BCUT2D eigenvalue weighted by Gasteiger charge is 2.38. The summed E-state index contributed by atoms with van der Waals surface area (Å²) in [5.74, 6) is 0.168. The first kappa shape index (κ1) is 11.7. The van der Waals surface area contributed by atoms with Crippen molar-refractivity contribution in [3.05, 3.63) is 20.8 Å². The van der Waals surface area contributed by atoms with Gasteiger partial charge in [-0.05, 0) is 41.3 Å². The minimum Gasteiger partial charge on any atom is -0.374 e. The number of halogens is 1. The largest absolute Gasteiger partial charge is 0.374 e. The van der Waals surface area contributed by atoms with Crippen LogP contribution in [0.5, 0.6) is 0 Å². The molecule has 2 unspecified atom stereocenters. The SMILES string of the molecule is O=C(c1cc(Br)cs1)N1CCOC2CCCC21. The molecule has 2 heterocycles. The monoisotopic (exact) mass is 315 g/mol. The Labute approximate surface area is 113 Å². The van der Waals surface area contributed by atoms with Crippen LogP contribution >= 0.6 is 27.3 Å². The summed E-state index contributed by atoms with van der Waals surface area (Å²) in [6.45, 7) is 1.41. The third-order valence-electron chi connectivity index (χ3n) is 3.52. The maximum atomic E-state index is 12.4. The maximum Gasteiger partial charge on any atom is 0.264 e. The number of hydrogen-bond donors (Lipinski definition) is 0. The van der Waals surface area contributed by atoms with Crippen LogP contribution in [0.3, 0.4) is 0 Å². The van der Waals surface area contributed by atoms with Gasteiger partial charge >= 0.3 is 0 Å². The quantitative estimate of drug-likeness (QED) is 0.797. The summed E-state index contributed by atoms with van der Waals surface area (Å²) >= 11 is 4.90. The lowest BCUT2D eigenvalue weighted by molar-refractivity contribution is -0.0443. The minimum atomic E-state index is 0.168. The number of amides is 1. The highest BCUT2D eigenvalue weighted by molar-refractivity contribution is 9.10. The Morgan fingerprint density at radius 1 is 1.53 bits per heavy atom. The zero-order chi connectivity index (χ0) is 11.8. The number of carbonyl (C=O) groups is 1. The fourth-order valence-corrected chi connectivity index (χ4v) is 4.13. The topological polar surface area (TPSA) is 29.5 Å². The van der Waals surface area contributed by atoms with E-state index in [1.807, 2.05) is 16.3 Å². The molecule has 1 saturated carbocycles. The number of hydrogen-bond acceptors (Lipinski definition) is 3. The van der Waals surface area contributed by atoms with Gasteiger partial charge in [-0.25, -0.2) is 0 Å². The van der Waals surface area contributed by atoms with Crippen molar-refractivity contribution < 1.29 is 9.53 Å². The first-order chi connectivity index (χ1) is 8.25. The molecule has 0 N–H and O–H groups in total. The summed E-state index contributed by atoms with van der Waals surface area (Å²) in [5, 5.41) is 1.96. The van der Waals surface area contributed by atoms with Crippen LogP contribution in [0.2, 0.25) is 0 Å². The summed E-state index contributed by atoms with van der Waals surface area (Å²) in [6, 6.07) is 2.21. The fourth-order valence-electron chi connectivity index (χ4n) is 2.74. The van der Waals surface area contributed by atoms with Crippen molar-refractivity contribution in [2.75, 3.05) is 13.2 Å². The Morgan fingerprint density at radius 3 is 3.18 bits per heavy atom. The van der Waals surface area contributed by atoms with Crippen molar-refractivity contribution in [1.29, 1.82) is 0 Å². The van der Waals surface area contributed by atoms with Crippen LogP contribution in [0.25, 0.3) is 0 Å². The third kappa shape index (κ3) is 2.16. The molecule has 2 aliphatic rings. The van der Waals surface area contributed by atoms with E-state index in [4.69, 9.17) is 4.74 Å². The molecule has 1 aliphatic heterocycles. The van der Waals surface area contributed by atoms with E-state index in [0.717, 1.165) is 28.7 Å². The Balaban J connectivity index is 1.81.